The fraction of sp³-hybridized carbons (Fsp3) is 0.200. The van der Waals surface area contributed by atoms with Crippen LogP contribution in [0, 0.1) is 34.6 Å². The highest BCUT2D eigenvalue weighted by molar-refractivity contribution is 7.92. The van der Waals surface area contributed by atoms with Gasteiger partial charge in [0.15, 0.2) is 0 Å². The molecule has 9 nitrogen and oxygen atoms in total. The minimum absolute atomic E-state index is 0.0209. The monoisotopic (exact) mass is 490 g/mol. The molecule has 4 rings (SSSR count). The average molecular weight is 491 g/mol. The average Bonchev–Trinajstić information content (AvgIpc) is 3.04. The minimum Gasteiger partial charge on any atom is -0.295 e. The van der Waals surface area contributed by atoms with Gasteiger partial charge in [-0.05, 0) is 76.6 Å². The van der Waals surface area contributed by atoms with Crippen LogP contribution in [0.1, 0.15) is 33.8 Å². The molecule has 0 aliphatic rings. The van der Waals surface area contributed by atoms with Gasteiger partial charge in [0, 0.05) is 23.3 Å². The highest BCUT2D eigenvalue weighted by atomic mass is 32.2. The van der Waals surface area contributed by atoms with Gasteiger partial charge < -0.3 is 0 Å². The lowest BCUT2D eigenvalue weighted by Gasteiger charge is -2.08. The standard InChI is InChI=1S/C25H26N6O3S/c1-15-6-11-23(16(2)12-15)31-24(32)22(19(5)29-31)14-26-20-7-9-21(10-8-20)35(33,34)30-25-27-17(3)13-18(4)28-25/h6-14,29H,1-5H3,(H,27,28,30). The molecular weight excluding hydrogens is 464 g/mol. The van der Waals surface area contributed by atoms with Gasteiger partial charge in [0.2, 0.25) is 5.95 Å². The fourth-order valence-electron chi connectivity index (χ4n) is 3.74. The Morgan fingerprint density at radius 1 is 0.943 bits per heavy atom. The van der Waals surface area contributed by atoms with Crippen LogP contribution in [0.5, 0.6) is 0 Å². The van der Waals surface area contributed by atoms with Gasteiger partial charge in [-0.2, -0.15) is 0 Å². The summed E-state index contributed by atoms with van der Waals surface area (Å²) in [6.45, 7) is 9.29. The summed E-state index contributed by atoms with van der Waals surface area (Å²) in [6, 6.07) is 13.6. The number of nitrogens with one attached hydrogen (secondary N) is 2. The maximum Gasteiger partial charge on any atom is 0.280 e. The number of nitrogens with zero attached hydrogens (tertiary/aromatic N) is 4. The molecule has 4 aromatic rings. The Morgan fingerprint density at radius 3 is 2.23 bits per heavy atom. The smallest absolute Gasteiger partial charge is 0.280 e. The summed E-state index contributed by atoms with van der Waals surface area (Å²) in [6.07, 6.45) is 1.49. The van der Waals surface area contributed by atoms with Crippen molar-refractivity contribution in [2.45, 2.75) is 39.5 Å². The second kappa shape index (κ2) is 9.30. The molecule has 2 N–H and O–H groups in total. The Balaban J connectivity index is 1.56. The van der Waals surface area contributed by atoms with Gasteiger partial charge in [-0.1, -0.05) is 17.7 Å². The molecule has 0 unspecified atom stereocenters. The number of aliphatic imine (C=N–C) groups is 1. The van der Waals surface area contributed by atoms with Crippen molar-refractivity contribution in [3.63, 3.8) is 0 Å². The van der Waals surface area contributed by atoms with Crippen molar-refractivity contribution in [1.29, 1.82) is 0 Å². The van der Waals surface area contributed by atoms with Crippen molar-refractivity contribution >= 4 is 27.9 Å². The number of aromatic amines is 1. The second-order valence-corrected chi connectivity index (χ2v) is 10.1. The largest absolute Gasteiger partial charge is 0.295 e. The van der Waals surface area contributed by atoms with E-state index in [2.05, 4.69) is 24.8 Å². The predicted molar refractivity (Wildman–Crippen MR) is 137 cm³/mol. The van der Waals surface area contributed by atoms with E-state index in [1.54, 1.807) is 39.0 Å². The third-order valence-electron chi connectivity index (χ3n) is 5.41. The highest BCUT2D eigenvalue weighted by Gasteiger charge is 2.16. The van der Waals surface area contributed by atoms with Crippen LogP contribution in [0.4, 0.5) is 11.6 Å². The van der Waals surface area contributed by atoms with Gasteiger partial charge in [-0.25, -0.2) is 27.8 Å². The van der Waals surface area contributed by atoms with Crippen LogP contribution in [0.15, 0.2) is 63.2 Å². The van der Waals surface area contributed by atoms with Gasteiger partial charge in [0.1, 0.15) is 0 Å². The highest BCUT2D eigenvalue weighted by Crippen LogP contribution is 2.19. The van der Waals surface area contributed by atoms with Crippen LogP contribution < -0.4 is 10.3 Å². The lowest BCUT2D eigenvalue weighted by Crippen LogP contribution is -2.18. The number of hydrogen-bond acceptors (Lipinski definition) is 6. The Labute approximate surface area is 203 Å². The molecular formula is C25H26N6O3S. The Kier molecular flexibility index (Phi) is 6.40. The van der Waals surface area contributed by atoms with Gasteiger partial charge in [-0.3, -0.25) is 14.9 Å². The minimum atomic E-state index is -3.86. The Hall–Kier alpha value is -4.05. The number of sulfonamides is 1. The number of rotatable bonds is 6. The van der Waals surface area contributed by atoms with Gasteiger partial charge in [0.25, 0.3) is 15.6 Å². The SMILES string of the molecule is Cc1ccc(-n2[nH]c(C)c(C=Nc3ccc(S(=O)(=O)Nc4nc(C)cc(C)n4)cc3)c2=O)c(C)c1. The quantitative estimate of drug-likeness (QED) is 0.395. The Morgan fingerprint density at radius 2 is 1.60 bits per heavy atom. The van der Waals surface area contributed by atoms with Crippen LogP contribution in [0.25, 0.3) is 5.69 Å². The first-order chi connectivity index (χ1) is 16.5. The summed E-state index contributed by atoms with van der Waals surface area (Å²) in [4.78, 5) is 25.7. The summed E-state index contributed by atoms with van der Waals surface area (Å²) < 4.78 is 29.3. The molecule has 35 heavy (non-hydrogen) atoms. The van der Waals surface area contributed by atoms with Crippen molar-refractivity contribution in [3.8, 4) is 5.69 Å². The Bertz CT molecular complexity index is 1580. The van der Waals surface area contributed by atoms with Crippen LogP contribution in [-0.4, -0.2) is 34.4 Å². The number of aromatic nitrogens is 4. The summed E-state index contributed by atoms with van der Waals surface area (Å²) in [5.74, 6) is 0.0209. The van der Waals surface area contributed by atoms with Crippen molar-refractivity contribution in [3.05, 3.63) is 92.7 Å². The fourth-order valence-corrected chi connectivity index (χ4v) is 4.68. The first-order valence-electron chi connectivity index (χ1n) is 10.9. The van der Waals surface area contributed by atoms with E-state index in [0.29, 0.717) is 28.3 Å². The third-order valence-corrected chi connectivity index (χ3v) is 6.75. The third kappa shape index (κ3) is 5.22. The van der Waals surface area contributed by atoms with Crippen LogP contribution in [0.3, 0.4) is 0 Å². The molecule has 0 radical (unpaired) electrons. The molecule has 0 amide bonds. The van der Waals surface area contributed by atoms with E-state index in [9.17, 15) is 13.2 Å². The lowest BCUT2D eigenvalue weighted by molar-refractivity contribution is 0.601. The predicted octanol–water partition coefficient (Wildman–Crippen LogP) is 4.05. The number of anilines is 1. The molecule has 0 saturated carbocycles. The van der Waals surface area contributed by atoms with Gasteiger partial charge in [0.05, 0.1) is 21.8 Å². The number of hydrogen-bond donors (Lipinski definition) is 2. The van der Waals surface area contributed by atoms with Gasteiger partial charge >= 0.3 is 0 Å². The molecule has 180 valence electrons. The van der Waals surface area contributed by atoms with E-state index in [-0.39, 0.29) is 16.4 Å². The van der Waals surface area contributed by atoms with Crippen molar-refractivity contribution in [2.24, 2.45) is 4.99 Å². The lowest BCUT2D eigenvalue weighted by atomic mass is 10.1. The van der Waals surface area contributed by atoms with Crippen molar-refractivity contribution in [2.75, 3.05) is 4.72 Å². The second-order valence-electron chi connectivity index (χ2n) is 8.41. The molecule has 2 heterocycles. The zero-order valence-electron chi connectivity index (χ0n) is 20.1. The van der Waals surface area contributed by atoms with E-state index in [1.165, 1.54) is 23.0 Å². The normalized spacial score (nSPS) is 11.8. The molecule has 0 fully saturated rings. The summed E-state index contributed by atoms with van der Waals surface area (Å²) in [5, 5.41) is 3.10. The molecule has 0 bridgehead atoms. The van der Waals surface area contributed by atoms with Crippen molar-refractivity contribution < 1.29 is 8.42 Å². The molecule has 0 atom stereocenters. The molecule has 2 aromatic heterocycles. The van der Waals surface area contributed by atoms with Crippen molar-refractivity contribution in [1.82, 2.24) is 19.7 Å². The molecule has 0 aliphatic heterocycles. The zero-order valence-corrected chi connectivity index (χ0v) is 20.9. The summed E-state index contributed by atoms with van der Waals surface area (Å²) >= 11 is 0. The maximum atomic E-state index is 13.0. The van der Waals surface area contributed by atoms with E-state index >= 15 is 0 Å². The van der Waals surface area contributed by atoms with Crippen LogP contribution >= 0.6 is 0 Å². The molecule has 0 spiro atoms. The van der Waals surface area contributed by atoms with E-state index in [0.717, 1.165) is 16.8 Å². The number of benzene rings is 2. The van der Waals surface area contributed by atoms with E-state index in [4.69, 9.17) is 0 Å². The maximum absolute atomic E-state index is 13.0. The molecule has 10 heteroatoms. The van der Waals surface area contributed by atoms with Crippen LogP contribution in [0.2, 0.25) is 0 Å². The van der Waals surface area contributed by atoms with Gasteiger partial charge in [-0.15, -0.1) is 0 Å². The molecule has 0 aliphatic carbocycles. The van der Waals surface area contributed by atoms with E-state index in [1.807, 2.05) is 32.0 Å². The molecule has 2 aromatic carbocycles. The summed E-state index contributed by atoms with van der Waals surface area (Å²) in [5.41, 5.74) is 5.59. The number of aryl methyl sites for hydroxylation is 5. The number of H-pyrrole nitrogens is 1. The van der Waals surface area contributed by atoms with E-state index < -0.39 is 10.0 Å². The topological polar surface area (TPSA) is 122 Å². The van der Waals surface area contributed by atoms with Crippen LogP contribution in [-0.2, 0) is 10.0 Å². The zero-order chi connectivity index (χ0) is 25.3. The summed E-state index contributed by atoms with van der Waals surface area (Å²) in [7, 11) is -3.86. The molecule has 0 saturated heterocycles. The first kappa shape index (κ1) is 24.1. The first-order valence-corrected chi connectivity index (χ1v) is 12.4.